The van der Waals surface area contributed by atoms with Crippen LogP contribution in [0, 0.1) is 22.7 Å². The number of nitrogens with two attached hydrogens (primary N) is 3. The number of nitrogens with one attached hydrogen (secondary N) is 7. The summed E-state index contributed by atoms with van der Waals surface area (Å²) in [5.74, 6) is -12.3. The molecule has 1 saturated carbocycles. The highest BCUT2D eigenvalue weighted by molar-refractivity contribution is 6.25. The second kappa shape index (κ2) is 24.5. The van der Waals surface area contributed by atoms with Crippen molar-refractivity contribution in [1.82, 2.24) is 31.5 Å². The van der Waals surface area contributed by atoms with Crippen LogP contribution < -0.4 is 43.8 Å². The van der Waals surface area contributed by atoms with Gasteiger partial charge in [-0.3, -0.25) is 39.7 Å². The van der Waals surface area contributed by atoms with Gasteiger partial charge in [0.25, 0.3) is 5.91 Å². The van der Waals surface area contributed by atoms with E-state index in [1.165, 1.54) is 44.0 Å². The maximum Gasteiger partial charge on any atom is 0.255 e. The van der Waals surface area contributed by atoms with Gasteiger partial charge in [-0.25, -0.2) is 0 Å². The molecule has 3 amide bonds. The average molecular weight is 1170 g/mol. The van der Waals surface area contributed by atoms with E-state index in [2.05, 4.69) is 26.6 Å². The lowest BCUT2D eigenvalue weighted by Gasteiger charge is -2.52. The van der Waals surface area contributed by atoms with Crippen LogP contribution >= 0.6 is 0 Å². The van der Waals surface area contributed by atoms with Crippen LogP contribution in [0.15, 0.2) is 40.9 Å². The average Bonchev–Trinajstić information content (AvgIpc) is 1.09. The quantitative estimate of drug-likeness (QED) is 0.0249. The van der Waals surface area contributed by atoms with Crippen molar-refractivity contribution in [3.63, 3.8) is 0 Å². The predicted molar refractivity (Wildman–Crippen MR) is 275 cm³/mol. The smallest absolute Gasteiger partial charge is 0.255 e. The molecule has 6 unspecified atom stereocenters. The number of carbonyl (C=O) groups excluding carboxylic acids is 5. The third kappa shape index (κ3) is 11.4. The molecule has 1 aromatic rings. The number of nitrogens with zero attached hydrogens (tertiary/aromatic N) is 1. The number of hydrogen-bond acceptors (Lipinski definition) is 26. The van der Waals surface area contributed by atoms with Crippen LogP contribution in [-0.2, 0) is 43.7 Å². The summed E-state index contributed by atoms with van der Waals surface area (Å²) in [6, 6.07) is -2.07. The Bertz CT molecular complexity index is 2720. The highest BCUT2D eigenvalue weighted by atomic mass is 16.8. The molecule has 82 heavy (non-hydrogen) atoms. The van der Waals surface area contributed by atoms with Gasteiger partial charge < -0.3 is 129 Å². The first-order valence-corrected chi connectivity index (χ1v) is 26.1. The lowest BCUT2D eigenvalue weighted by Crippen LogP contribution is -2.73. The summed E-state index contributed by atoms with van der Waals surface area (Å²) in [5.41, 5.74) is 6.97. The maximum atomic E-state index is 13.8. The Morgan fingerprint density at radius 1 is 0.817 bits per heavy atom. The second-order valence-electron chi connectivity index (χ2n) is 21.5. The Morgan fingerprint density at radius 3 is 2.04 bits per heavy atom. The number of guanidine groups is 2. The van der Waals surface area contributed by atoms with E-state index < -0.39 is 210 Å². The van der Waals surface area contributed by atoms with Crippen molar-refractivity contribution >= 4 is 41.2 Å². The van der Waals surface area contributed by atoms with Gasteiger partial charge in [-0.15, -0.1) is 0 Å². The lowest BCUT2D eigenvalue weighted by molar-refractivity contribution is -0.327. The number of phenolic OH excluding ortho intramolecular Hbond substituents is 1. The van der Waals surface area contributed by atoms with Crippen LogP contribution in [0.4, 0.5) is 0 Å². The van der Waals surface area contributed by atoms with Crippen LogP contribution in [0.25, 0.3) is 0 Å². The molecule has 456 valence electrons. The van der Waals surface area contributed by atoms with Gasteiger partial charge in [0, 0.05) is 56.4 Å². The molecule has 33 heteroatoms. The second-order valence-corrected chi connectivity index (χ2v) is 21.5. The molecule has 0 aromatic heterocycles. The van der Waals surface area contributed by atoms with Gasteiger partial charge in [-0.1, -0.05) is 12.1 Å². The summed E-state index contributed by atoms with van der Waals surface area (Å²) in [6.07, 6.45) is -20.3. The summed E-state index contributed by atoms with van der Waals surface area (Å²) in [7, 11) is 1.42. The number of likely N-dealkylation sites (N-methyl/N-ethyl adjacent to an activating group) is 1. The fourth-order valence-corrected chi connectivity index (χ4v) is 11.9. The van der Waals surface area contributed by atoms with E-state index in [4.69, 9.17) is 47.0 Å². The van der Waals surface area contributed by atoms with Crippen molar-refractivity contribution in [2.45, 2.75) is 142 Å². The molecule has 7 rings (SSSR count). The number of phenols is 1. The van der Waals surface area contributed by atoms with Crippen LogP contribution in [0.1, 0.15) is 49.0 Å². The molecular formula is C49H73N11O22. The van der Waals surface area contributed by atoms with E-state index >= 15 is 0 Å². The molecule has 6 aliphatic rings. The van der Waals surface area contributed by atoms with E-state index in [0.717, 1.165) is 0 Å². The van der Waals surface area contributed by atoms with Crippen LogP contribution in [-0.4, -0.2) is 262 Å². The summed E-state index contributed by atoms with van der Waals surface area (Å²) in [5, 5.41) is 174. The third-order valence-electron chi connectivity index (χ3n) is 16.4. The first-order valence-electron chi connectivity index (χ1n) is 26.1. The number of fused-ring (bicyclic) bond motifs is 3. The lowest BCUT2D eigenvalue weighted by atomic mass is 9.55. The number of aliphatic hydroxyl groups excluding tert-OH is 9. The normalized spacial score (nSPS) is 38.1. The minimum absolute atomic E-state index is 0.00921. The van der Waals surface area contributed by atoms with Crippen molar-refractivity contribution in [3.8, 4) is 5.75 Å². The Labute approximate surface area is 466 Å². The van der Waals surface area contributed by atoms with E-state index in [1.54, 1.807) is 0 Å². The fraction of sp³-hybridized carbons (Fsp3) is 0.653. The SMILES string of the molecule is C[C@@H]1O[C@@H](OC2[C@@H](NC(=N)N)C(O)C(NC(=N)N)[C@H](O)[C@@H]2O)C(O[C@@H]2OC(CO)[C@H](O)C(O)[C@H]2N(C)CCNC(=O)CCC(=O)NCCN[C@@H]2C(O)=C(C(N)=O)C(=O)[C@@]3(O)C(O)=C4C(=O)c5c(O)cccc5[C@@](C)(O)[C@H]4C[C@@H]23)[C@]1(O)CO. The Hall–Kier alpha value is -6.25. The van der Waals surface area contributed by atoms with E-state index in [9.17, 15) is 90.4 Å². The van der Waals surface area contributed by atoms with Crippen LogP contribution in [0.2, 0.25) is 0 Å². The fourth-order valence-electron chi connectivity index (χ4n) is 11.9. The summed E-state index contributed by atoms with van der Waals surface area (Å²) < 4.78 is 24.0. The Balaban J connectivity index is 0.960. The van der Waals surface area contributed by atoms with Gasteiger partial charge in [0.1, 0.15) is 71.2 Å². The molecule has 26 N–H and O–H groups in total. The van der Waals surface area contributed by atoms with Gasteiger partial charge >= 0.3 is 0 Å². The molecule has 0 radical (unpaired) electrons. The highest BCUT2D eigenvalue weighted by Gasteiger charge is 2.66. The first-order chi connectivity index (χ1) is 38.4. The number of ketones is 2. The summed E-state index contributed by atoms with van der Waals surface area (Å²) in [4.78, 5) is 67.4. The van der Waals surface area contributed by atoms with Crippen LogP contribution in [0.5, 0.6) is 5.75 Å². The maximum absolute atomic E-state index is 13.8. The zero-order chi connectivity index (χ0) is 60.8. The van der Waals surface area contributed by atoms with E-state index in [1.807, 2.05) is 0 Å². The van der Waals surface area contributed by atoms with Gasteiger partial charge in [0.05, 0.1) is 60.8 Å². The largest absolute Gasteiger partial charge is 0.510 e. The van der Waals surface area contributed by atoms with Crippen molar-refractivity contribution in [2.75, 3.05) is 46.4 Å². The Kier molecular flexibility index (Phi) is 18.9. The zero-order valence-corrected chi connectivity index (χ0v) is 44.6. The first kappa shape index (κ1) is 63.3. The molecule has 1 aromatic carbocycles. The van der Waals surface area contributed by atoms with Crippen molar-refractivity contribution in [2.24, 2.45) is 29.0 Å². The van der Waals surface area contributed by atoms with E-state index in [0.29, 0.717) is 0 Å². The number of hydrogen-bond donors (Lipinski definition) is 23. The molecule has 2 aliphatic heterocycles. The number of amides is 3. The summed E-state index contributed by atoms with van der Waals surface area (Å²) in [6.45, 7) is -0.0777. The molecule has 0 bridgehead atoms. The molecule has 20 atom stereocenters. The molecule has 2 heterocycles. The van der Waals surface area contributed by atoms with Crippen molar-refractivity contribution in [1.29, 1.82) is 10.8 Å². The Morgan fingerprint density at radius 2 is 1.44 bits per heavy atom. The monoisotopic (exact) mass is 1170 g/mol. The number of aromatic hydroxyl groups is 1. The van der Waals surface area contributed by atoms with Gasteiger partial charge in [-0.05, 0) is 38.9 Å². The van der Waals surface area contributed by atoms with Gasteiger partial charge in [-0.2, -0.15) is 0 Å². The standard InChI is InChI=1S/C49H73N11O22/c1-16-48(77,15-62)41(44(79-16)81-38-29(59-46(53)54)34(69)28(58-45(51)52)35(70)37(38)72)82-43-30(36(71)31(66)21(14-61)80-43)60(3)12-11-56-23(65)8-7-22(64)55-9-10-57-27-19-13-18-25(32(67)24-17(47(18,2)76)5-4-6-20(24)63)39(73)49(19,78)40(74)26(33(27)68)42(50)75/h4-6,16,18-19,21,27-31,34-38,41,43-44,57,61-63,66,68-73,76-78H,7-15H2,1-3H3,(H2,50,75)(H,55,64)(H,56,65)(H4,51,52,58)(H4,53,54,59)/t16-,18-,19-,21?,27-,28?,29-,30+,31-,34?,35-,36?,37-,38?,41?,43-,44-,47+,48-,49-/m0/s1. The summed E-state index contributed by atoms with van der Waals surface area (Å²) >= 11 is 0. The molecule has 33 nitrogen and oxygen atoms in total. The van der Waals surface area contributed by atoms with Gasteiger partial charge in [0.2, 0.25) is 17.6 Å². The predicted octanol–water partition coefficient (Wildman–Crippen LogP) is -9.40. The number of ether oxygens (including phenoxy) is 4. The number of aliphatic hydroxyl groups is 12. The minimum atomic E-state index is -3.04. The van der Waals surface area contributed by atoms with Crippen molar-refractivity contribution in [3.05, 3.63) is 52.0 Å². The number of rotatable bonds is 20. The number of benzene rings is 1. The topological polar surface area (TPSA) is 574 Å². The minimum Gasteiger partial charge on any atom is -0.510 e. The molecular weight excluding hydrogens is 1090 g/mol. The third-order valence-corrected chi connectivity index (χ3v) is 16.4. The molecule has 3 fully saturated rings. The zero-order valence-electron chi connectivity index (χ0n) is 44.6. The number of carbonyl (C=O) groups is 5. The number of Topliss-reactive ketones (excluding diaryl/α,β-unsaturated/α-hetero) is 2. The highest BCUT2D eigenvalue weighted by Crippen LogP contribution is 2.56. The van der Waals surface area contributed by atoms with Crippen LogP contribution in [0.3, 0.4) is 0 Å². The van der Waals surface area contributed by atoms with Crippen molar-refractivity contribution < 1.29 is 109 Å². The van der Waals surface area contributed by atoms with E-state index in [-0.39, 0.29) is 50.1 Å². The molecule has 0 spiro atoms. The molecule has 4 aliphatic carbocycles. The number of primary amides is 1. The van der Waals surface area contributed by atoms with Gasteiger partial charge in [0.15, 0.2) is 35.9 Å². The molecule has 2 saturated heterocycles.